The summed E-state index contributed by atoms with van der Waals surface area (Å²) in [6.45, 7) is 4.70. The van der Waals surface area contributed by atoms with Gasteiger partial charge in [0.25, 0.3) is 0 Å². The number of nitrogens with one attached hydrogen (secondary N) is 1. The van der Waals surface area contributed by atoms with E-state index >= 15 is 0 Å². The Hall–Kier alpha value is -0.780. The Kier molecular flexibility index (Phi) is 4.71. The van der Waals surface area contributed by atoms with Gasteiger partial charge in [0.15, 0.2) is 0 Å². The predicted octanol–water partition coefficient (Wildman–Crippen LogP) is 4.80. The molecule has 1 atom stereocenters. The topological polar surface area (TPSA) is 12.0 Å². The Bertz CT molecular complexity index is 543. The number of aryl methyl sites for hydroxylation is 1. The first-order valence-electron chi connectivity index (χ1n) is 5.96. The van der Waals surface area contributed by atoms with Crippen LogP contribution in [0.4, 0.5) is 8.78 Å². The molecule has 2 aromatic rings. The minimum absolute atomic E-state index is 0.190. The highest BCUT2D eigenvalue weighted by Crippen LogP contribution is 2.34. The first kappa shape index (κ1) is 14.6. The van der Waals surface area contributed by atoms with E-state index in [-0.39, 0.29) is 6.04 Å². The Morgan fingerprint density at radius 1 is 1.21 bits per heavy atom. The van der Waals surface area contributed by atoms with E-state index in [4.69, 9.17) is 0 Å². The molecule has 1 nitrogen and oxygen atoms in total. The van der Waals surface area contributed by atoms with Gasteiger partial charge in [-0.1, -0.05) is 6.92 Å². The zero-order valence-electron chi connectivity index (χ0n) is 10.6. The maximum atomic E-state index is 13.4. The summed E-state index contributed by atoms with van der Waals surface area (Å²) in [7, 11) is 0. The van der Waals surface area contributed by atoms with Crippen LogP contribution in [0.2, 0.25) is 0 Å². The van der Waals surface area contributed by atoms with Crippen LogP contribution < -0.4 is 5.32 Å². The molecule has 0 fully saturated rings. The van der Waals surface area contributed by atoms with Gasteiger partial charge in [0.2, 0.25) is 0 Å². The Morgan fingerprint density at radius 3 is 2.32 bits per heavy atom. The van der Waals surface area contributed by atoms with Crippen molar-refractivity contribution in [3.8, 4) is 0 Å². The summed E-state index contributed by atoms with van der Waals surface area (Å²) in [4.78, 5) is 2.19. The molecule has 0 bridgehead atoms. The number of thiophene rings is 1. The molecule has 0 saturated carbocycles. The third-order valence-corrected chi connectivity index (χ3v) is 4.99. The predicted molar refractivity (Wildman–Crippen MR) is 78.6 cm³/mol. The lowest BCUT2D eigenvalue weighted by Gasteiger charge is -2.17. The van der Waals surface area contributed by atoms with Gasteiger partial charge in [0.05, 0.1) is 6.04 Å². The molecule has 0 amide bonds. The summed E-state index contributed by atoms with van der Waals surface area (Å²) >= 11 is 5.09. The average Bonchev–Trinajstić information content (AvgIpc) is 2.65. The van der Waals surface area contributed by atoms with Crippen LogP contribution in [0.25, 0.3) is 0 Å². The van der Waals surface area contributed by atoms with Crippen LogP contribution in [-0.4, -0.2) is 6.54 Å². The molecular weight excluding hydrogens is 332 g/mol. The van der Waals surface area contributed by atoms with E-state index in [9.17, 15) is 8.78 Å². The Balaban J connectivity index is 2.44. The van der Waals surface area contributed by atoms with Crippen molar-refractivity contribution in [1.29, 1.82) is 0 Å². The minimum atomic E-state index is -0.551. The number of rotatable bonds is 4. The molecule has 0 aliphatic rings. The first-order chi connectivity index (χ1) is 9.01. The molecule has 19 heavy (non-hydrogen) atoms. The van der Waals surface area contributed by atoms with Crippen molar-refractivity contribution in [1.82, 2.24) is 5.32 Å². The maximum Gasteiger partial charge on any atom is 0.126 e. The second-order valence-corrected chi connectivity index (χ2v) is 6.39. The van der Waals surface area contributed by atoms with Gasteiger partial charge in [-0.25, -0.2) is 8.78 Å². The van der Waals surface area contributed by atoms with Gasteiger partial charge < -0.3 is 5.32 Å². The molecule has 0 saturated heterocycles. The highest BCUT2D eigenvalue weighted by Gasteiger charge is 2.18. The van der Waals surface area contributed by atoms with E-state index < -0.39 is 11.6 Å². The van der Waals surface area contributed by atoms with Crippen LogP contribution in [0.3, 0.4) is 0 Å². The third-order valence-electron chi connectivity index (χ3n) is 2.79. The SMILES string of the molecule is CCNC(c1cc(F)cc(F)c1)c1cc(Br)c(C)s1. The quantitative estimate of drug-likeness (QED) is 0.839. The second kappa shape index (κ2) is 6.11. The number of hydrogen-bond donors (Lipinski definition) is 1. The fraction of sp³-hybridized carbons (Fsp3) is 0.286. The lowest BCUT2D eigenvalue weighted by Crippen LogP contribution is -2.21. The molecule has 102 valence electrons. The number of benzene rings is 1. The number of hydrogen-bond acceptors (Lipinski definition) is 2. The molecule has 5 heteroatoms. The molecule has 0 spiro atoms. The Morgan fingerprint density at radius 2 is 1.84 bits per heavy atom. The van der Waals surface area contributed by atoms with E-state index in [2.05, 4.69) is 21.2 Å². The monoisotopic (exact) mass is 345 g/mol. The molecule has 0 radical (unpaired) electrons. The first-order valence-corrected chi connectivity index (χ1v) is 7.57. The van der Waals surface area contributed by atoms with E-state index in [1.165, 1.54) is 12.1 Å². The summed E-state index contributed by atoms with van der Waals surface area (Å²) in [5.41, 5.74) is 0.605. The van der Waals surface area contributed by atoms with Crippen LogP contribution in [0, 0.1) is 18.6 Å². The highest BCUT2D eigenvalue weighted by molar-refractivity contribution is 9.10. The third kappa shape index (κ3) is 3.41. The largest absolute Gasteiger partial charge is 0.306 e. The molecule has 0 aliphatic carbocycles. The summed E-state index contributed by atoms with van der Waals surface area (Å²) in [6.07, 6.45) is 0. The van der Waals surface area contributed by atoms with Crippen molar-refractivity contribution < 1.29 is 8.78 Å². The lowest BCUT2D eigenvalue weighted by molar-refractivity contribution is 0.567. The molecular formula is C14H14BrF2NS. The summed E-state index contributed by atoms with van der Waals surface area (Å²) < 4.78 is 27.7. The van der Waals surface area contributed by atoms with Gasteiger partial charge in [0.1, 0.15) is 11.6 Å². The maximum absolute atomic E-state index is 13.4. The van der Waals surface area contributed by atoms with Gasteiger partial charge in [-0.15, -0.1) is 11.3 Å². The van der Waals surface area contributed by atoms with Crippen LogP contribution in [0.5, 0.6) is 0 Å². The zero-order chi connectivity index (χ0) is 14.0. The van der Waals surface area contributed by atoms with Crippen LogP contribution in [0.15, 0.2) is 28.7 Å². The smallest absolute Gasteiger partial charge is 0.126 e. The van der Waals surface area contributed by atoms with Crippen LogP contribution >= 0.6 is 27.3 Å². The van der Waals surface area contributed by atoms with Crippen molar-refractivity contribution in [3.05, 3.63) is 55.7 Å². The van der Waals surface area contributed by atoms with E-state index in [1.807, 2.05) is 19.9 Å². The average molecular weight is 346 g/mol. The van der Waals surface area contributed by atoms with Gasteiger partial charge in [0, 0.05) is 20.3 Å². The van der Waals surface area contributed by atoms with Gasteiger partial charge >= 0.3 is 0 Å². The van der Waals surface area contributed by atoms with Crippen molar-refractivity contribution in [2.24, 2.45) is 0 Å². The number of halogens is 3. The van der Waals surface area contributed by atoms with Crippen molar-refractivity contribution in [2.45, 2.75) is 19.9 Å². The summed E-state index contributed by atoms with van der Waals surface area (Å²) in [6, 6.07) is 5.45. The van der Waals surface area contributed by atoms with Crippen molar-refractivity contribution in [2.75, 3.05) is 6.54 Å². The normalized spacial score (nSPS) is 12.7. The summed E-state index contributed by atoms with van der Waals surface area (Å²) in [5.74, 6) is -1.10. The molecule has 1 unspecified atom stereocenters. The zero-order valence-corrected chi connectivity index (χ0v) is 13.0. The van der Waals surface area contributed by atoms with E-state index in [0.29, 0.717) is 5.56 Å². The van der Waals surface area contributed by atoms with E-state index in [0.717, 1.165) is 26.8 Å². The lowest BCUT2D eigenvalue weighted by atomic mass is 10.0. The minimum Gasteiger partial charge on any atom is -0.306 e. The Labute approximate surface area is 123 Å². The molecule has 0 aliphatic heterocycles. The van der Waals surface area contributed by atoms with Gasteiger partial charge in [-0.2, -0.15) is 0 Å². The highest BCUT2D eigenvalue weighted by atomic mass is 79.9. The van der Waals surface area contributed by atoms with Gasteiger partial charge in [-0.05, 0) is 53.2 Å². The fourth-order valence-corrected chi connectivity index (χ4v) is 3.62. The van der Waals surface area contributed by atoms with Gasteiger partial charge in [-0.3, -0.25) is 0 Å². The van der Waals surface area contributed by atoms with Crippen molar-refractivity contribution in [3.63, 3.8) is 0 Å². The van der Waals surface area contributed by atoms with Crippen LogP contribution in [-0.2, 0) is 0 Å². The standard InChI is InChI=1S/C14H14BrF2NS/c1-3-18-14(13-7-12(15)8(2)19-13)9-4-10(16)6-11(17)5-9/h4-7,14,18H,3H2,1-2H3. The van der Waals surface area contributed by atoms with Crippen LogP contribution in [0.1, 0.15) is 28.3 Å². The molecule has 2 rings (SSSR count). The molecule has 1 aromatic carbocycles. The van der Waals surface area contributed by atoms with Crippen molar-refractivity contribution >= 4 is 27.3 Å². The molecule has 1 N–H and O–H groups in total. The fourth-order valence-electron chi connectivity index (χ4n) is 1.95. The molecule has 1 heterocycles. The molecule has 1 aromatic heterocycles. The summed E-state index contributed by atoms with van der Waals surface area (Å²) in [5, 5.41) is 3.27. The van der Waals surface area contributed by atoms with E-state index in [1.54, 1.807) is 11.3 Å². The second-order valence-electron chi connectivity index (χ2n) is 4.25.